The Hall–Kier alpha value is -5.86. The zero-order valence-corrected chi connectivity index (χ0v) is 29.7. The van der Waals surface area contributed by atoms with Gasteiger partial charge in [0.2, 0.25) is 0 Å². The van der Waals surface area contributed by atoms with E-state index >= 15 is 0 Å². The van der Waals surface area contributed by atoms with Crippen LogP contribution in [0.5, 0.6) is 11.5 Å². The summed E-state index contributed by atoms with van der Waals surface area (Å²) in [7, 11) is 0. The molecule has 0 spiro atoms. The monoisotopic (exact) mass is 700 g/mol. The van der Waals surface area contributed by atoms with Gasteiger partial charge in [-0.3, -0.25) is 0 Å². The smallest absolute Gasteiger partial charge is 0.151 e. The predicted molar refractivity (Wildman–Crippen MR) is 214 cm³/mol. The number of hydrogen-bond donors (Lipinski definition) is 0. The Morgan fingerprint density at radius 1 is 0.608 bits per heavy atom. The third kappa shape index (κ3) is 7.97. The molecule has 1 aliphatic heterocycles. The Morgan fingerprint density at radius 2 is 1.22 bits per heavy atom. The number of fused-ring (bicyclic) bond motifs is 2. The lowest BCUT2D eigenvalue weighted by Gasteiger charge is -2.33. The lowest BCUT2D eigenvalue weighted by atomic mass is 10.1. The van der Waals surface area contributed by atoms with Crippen LogP contribution in [-0.4, -0.2) is 13.1 Å². The number of hydrogen-bond acceptors (Lipinski definition) is 7. The zero-order valence-electron chi connectivity index (χ0n) is 28.1. The first-order chi connectivity index (χ1) is 25.2. The maximum atomic E-state index is 9.78. The van der Waals surface area contributed by atoms with Gasteiger partial charge in [-0.2, -0.15) is 10.5 Å². The summed E-state index contributed by atoms with van der Waals surface area (Å²) in [6.07, 6.45) is 8.21. The van der Waals surface area contributed by atoms with Crippen LogP contribution in [0.15, 0.2) is 132 Å². The molecule has 7 rings (SSSR count). The van der Waals surface area contributed by atoms with Gasteiger partial charge in [-0.25, -0.2) is 0 Å². The van der Waals surface area contributed by atoms with E-state index in [1.165, 1.54) is 5.69 Å². The maximum absolute atomic E-state index is 9.78. The molecule has 6 aromatic rings. The first-order valence-electron chi connectivity index (χ1n) is 17.1. The summed E-state index contributed by atoms with van der Waals surface area (Å²) in [6.45, 7) is 1.79. The number of ether oxygens (including phenoxy) is 1. The van der Waals surface area contributed by atoms with E-state index in [0.29, 0.717) is 11.1 Å². The average molecular weight is 701 g/mol. The summed E-state index contributed by atoms with van der Waals surface area (Å²) < 4.78 is 6.38. The van der Waals surface area contributed by atoms with Gasteiger partial charge in [-0.15, -0.1) is 22.7 Å². The highest BCUT2D eigenvalue weighted by atomic mass is 32.1. The largest absolute Gasteiger partial charge is 0.453 e. The third-order valence-electron chi connectivity index (χ3n) is 8.87. The van der Waals surface area contributed by atoms with Crippen molar-refractivity contribution in [1.82, 2.24) is 0 Å². The Bertz CT molecular complexity index is 2210. The second-order valence-corrected chi connectivity index (χ2v) is 14.1. The van der Waals surface area contributed by atoms with Crippen LogP contribution in [0.25, 0.3) is 23.3 Å². The number of rotatable bonds is 13. The molecule has 0 unspecified atom stereocenters. The topological polar surface area (TPSA) is 63.3 Å². The van der Waals surface area contributed by atoms with Gasteiger partial charge in [-0.1, -0.05) is 73.5 Å². The molecule has 51 heavy (non-hydrogen) atoms. The maximum Gasteiger partial charge on any atom is 0.151 e. The molecule has 0 saturated carbocycles. The molecule has 4 aromatic carbocycles. The third-order valence-corrected chi connectivity index (χ3v) is 10.7. The van der Waals surface area contributed by atoms with Crippen molar-refractivity contribution in [2.45, 2.75) is 25.7 Å². The van der Waals surface area contributed by atoms with Gasteiger partial charge in [-0.05, 0) is 108 Å². The number of nitriles is 2. The fraction of sp³-hybridized carbons (Fsp3) is 0.136. The average Bonchev–Trinajstić information content (AvgIpc) is 3.92. The van der Waals surface area contributed by atoms with Crippen LogP contribution in [0.2, 0.25) is 0 Å². The minimum Gasteiger partial charge on any atom is -0.453 e. The SMILES string of the molecule is N#C/C(=C\c1ccc(N(CCCCCCN2c3ccccc3Oc3cc(/C=C(\C#N)c4cccs4)ccc32)c2ccccc2)cc1)c1cccs1. The summed E-state index contributed by atoms with van der Waals surface area (Å²) in [5.41, 5.74) is 7.73. The Balaban J connectivity index is 0.998. The van der Waals surface area contributed by atoms with E-state index in [2.05, 4.69) is 101 Å². The Morgan fingerprint density at radius 3 is 1.90 bits per heavy atom. The molecule has 0 amide bonds. The molecular weight excluding hydrogens is 665 g/mol. The van der Waals surface area contributed by atoms with Gasteiger partial charge in [0.05, 0.1) is 22.5 Å². The second kappa shape index (κ2) is 16.2. The first kappa shape index (κ1) is 33.6. The molecule has 5 nitrogen and oxygen atoms in total. The van der Waals surface area contributed by atoms with Crippen LogP contribution in [0.4, 0.5) is 22.7 Å². The minimum absolute atomic E-state index is 0.650. The lowest BCUT2D eigenvalue weighted by molar-refractivity contribution is 0.471. The van der Waals surface area contributed by atoms with Crippen LogP contribution >= 0.6 is 22.7 Å². The van der Waals surface area contributed by atoms with Crippen molar-refractivity contribution in [3.05, 3.63) is 153 Å². The van der Waals surface area contributed by atoms with Gasteiger partial charge in [0.25, 0.3) is 0 Å². The highest BCUT2D eigenvalue weighted by Crippen LogP contribution is 2.47. The number of benzene rings is 4. The number of unbranched alkanes of at least 4 members (excludes halogenated alkanes) is 3. The van der Waals surface area contributed by atoms with Crippen molar-refractivity contribution >= 4 is 68.7 Å². The summed E-state index contributed by atoms with van der Waals surface area (Å²) in [5, 5.41) is 23.5. The second-order valence-electron chi connectivity index (χ2n) is 12.2. The molecule has 0 radical (unpaired) electrons. The van der Waals surface area contributed by atoms with Crippen LogP contribution in [-0.2, 0) is 0 Å². The lowest BCUT2D eigenvalue weighted by Crippen LogP contribution is -2.22. The van der Waals surface area contributed by atoms with E-state index in [4.69, 9.17) is 4.74 Å². The fourth-order valence-electron chi connectivity index (χ4n) is 6.35. The van der Waals surface area contributed by atoms with Gasteiger partial charge in [0.15, 0.2) is 11.5 Å². The summed E-state index contributed by atoms with van der Waals surface area (Å²) >= 11 is 3.15. The standard InChI is InChI=1S/C44H36N4OS2/c45-31-35(43-16-10-26-50-43)28-33-18-21-38(22-19-33)47(37-12-4-3-5-13-37)24-8-1-2-9-25-48-39-14-6-7-15-41(39)49-42-30-34(20-23-40(42)48)29-36(32-46)44-17-11-27-51-44/h3-7,10-23,26-30H,1-2,8-9,24-25H2/b35-28+,36-29+. The van der Waals surface area contributed by atoms with Crippen LogP contribution < -0.4 is 14.5 Å². The van der Waals surface area contributed by atoms with E-state index in [1.807, 2.05) is 65.4 Å². The molecule has 7 heteroatoms. The Kier molecular flexibility index (Phi) is 10.7. The molecule has 2 aromatic heterocycles. The molecule has 0 fully saturated rings. The van der Waals surface area contributed by atoms with Crippen molar-refractivity contribution < 1.29 is 4.74 Å². The van der Waals surface area contributed by atoms with Crippen molar-refractivity contribution in [3.63, 3.8) is 0 Å². The van der Waals surface area contributed by atoms with E-state index < -0.39 is 0 Å². The van der Waals surface area contributed by atoms with Crippen molar-refractivity contribution in [2.75, 3.05) is 22.9 Å². The number of para-hydroxylation sites is 3. The number of allylic oxidation sites excluding steroid dienone is 2. The molecule has 250 valence electrons. The summed E-state index contributed by atoms with van der Waals surface area (Å²) in [4.78, 5) is 6.70. The minimum atomic E-state index is 0.650. The highest BCUT2D eigenvalue weighted by molar-refractivity contribution is 7.11. The summed E-state index contributed by atoms with van der Waals surface area (Å²) in [6, 6.07) is 46.1. The van der Waals surface area contributed by atoms with Crippen LogP contribution in [0.1, 0.15) is 46.6 Å². The van der Waals surface area contributed by atoms with Gasteiger partial charge >= 0.3 is 0 Å². The fourth-order valence-corrected chi connectivity index (χ4v) is 7.74. The van der Waals surface area contributed by atoms with Gasteiger partial charge in [0, 0.05) is 34.2 Å². The molecule has 1 aliphatic rings. The number of thiophene rings is 2. The van der Waals surface area contributed by atoms with Gasteiger partial charge < -0.3 is 14.5 Å². The Labute approximate surface area is 307 Å². The molecule has 0 atom stereocenters. The predicted octanol–water partition coefficient (Wildman–Crippen LogP) is 12.6. The number of nitrogens with zero attached hydrogens (tertiary/aromatic N) is 4. The zero-order chi connectivity index (χ0) is 34.8. The molecule has 0 N–H and O–H groups in total. The number of anilines is 4. The first-order valence-corrected chi connectivity index (χ1v) is 18.9. The van der Waals surface area contributed by atoms with E-state index in [-0.39, 0.29) is 0 Å². The molecule has 0 bridgehead atoms. The van der Waals surface area contributed by atoms with Crippen molar-refractivity contribution in [3.8, 4) is 23.6 Å². The molecule has 3 heterocycles. The van der Waals surface area contributed by atoms with Gasteiger partial charge in [0.1, 0.15) is 12.1 Å². The van der Waals surface area contributed by atoms with E-state index in [1.54, 1.807) is 22.7 Å². The highest BCUT2D eigenvalue weighted by Gasteiger charge is 2.24. The molecule has 0 saturated heterocycles. The quantitative estimate of drug-likeness (QED) is 0.0886. The van der Waals surface area contributed by atoms with Crippen LogP contribution in [0.3, 0.4) is 0 Å². The van der Waals surface area contributed by atoms with Crippen molar-refractivity contribution in [1.29, 1.82) is 10.5 Å². The van der Waals surface area contributed by atoms with E-state index in [0.717, 1.165) is 88.2 Å². The normalized spacial score (nSPS) is 12.3. The van der Waals surface area contributed by atoms with E-state index in [9.17, 15) is 10.5 Å². The van der Waals surface area contributed by atoms with Crippen LogP contribution in [0, 0.1) is 22.7 Å². The summed E-state index contributed by atoms with van der Waals surface area (Å²) in [5.74, 6) is 1.65. The molecular formula is C44H36N4OS2. The molecule has 0 aliphatic carbocycles. The van der Waals surface area contributed by atoms with Crippen molar-refractivity contribution in [2.24, 2.45) is 0 Å².